The Morgan fingerprint density at radius 2 is 0.619 bits per heavy atom. The van der Waals surface area contributed by atoms with Gasteiger partial charge in [-0.05, 0) is 147 Å². The molecule has 3 heterocycles. The van der Waals surface area contributed by atoms with Crippen LogP contribution in [0.2, 0.25) is 0 Å². The second-order valence-electron chi connectivity index (χ2n) is 29.0. The minimum atomic E-state index is -3.18. The Labute approximate surface area is 616 Å². The predicted molar refractivity (Wildman–Crippen MR) is 450 cm³/mol. The van der Waals surface area contributed by atoms with Gasteiger partial charge < -0.3 is 14.4 Å². The molecule has 16 aromatic carbocycles. The number of nitrogens with zero attached hydrogens (tertiary/aromatic N) is 3. The second kappa shape index (κ2) is 25.9. The average molecular weight is 1360 g/mol. The van der Waals surface area contributed by atoms with E-state index in [0.29, 0.717) is 0 Å². The molecule has 5 heteroatoms. The summed E-state index contributed by atoms with van der Waals surface area (Å²) in [6.45, 7) is 6.89. The Morgan fingerprint density at radius 1 is 0.257 bits per heavy atom. The standard InChI is InChI=1S/C100H74BN3Si/c1-100(2,3)77-65-95-97-96(66-77)104(99-85(73-41-21-8-22-42-73)53-32-54-86(99)74-43-23-9-24-44-74)94-67-78(102-91-60-55-75(69-33-13-4-14-34-69)63-87(91)88-64-76(56-61-92(88)102)70-35-15-5-16-36-70)57-59-89(94)101(97)90-68-82(105(79-45-25-10-26-46-79,80-47-27-11-28-48-80)81-49-29-12-30-50-81)58-62-93(90)103(95)98-83(71-37-17-6-18-38-71)51-31-52-84(98)72-39-19-7-20-40-72/h4-68H,1-3H3. The molecule has 17 aromatic rings. The molecule has 0 atom stereocenters. The first-order valence-electron chi connectivity index (χ1n) is 36.7. The van der Waals surface area contributed by atoms with Crippen molar-refractivity contribution in [2.24, 2.45) is 0 Å². The van der Waals surface area contributed by atoms with Crippen molar-refractivity contribution in [3.05, 3.63) is 400 Å². The van der Waals surface area contributed by atoms with Gasteiger partial charge in [-0.2, -0.15) is 0 Å². The van der Waals surface area contributed by atoms with Crippen molar-refractivity contribution >= 4 is 108 Å². The first kappa shape index (κ1) is 63.1. The third kappa shape index (κ3) is 10.6. The van der Waals surface area contributed by atoms with Gasteiger partial charge in [0.05, 0.1) is 22.4 Å². The van der Waals surface area contributed by atoms with Crippen molar-refractivity contribution in [2.75, 3.05) is 9.80 Å². The minimum absolute atomic E-state index is 0.280. The molecule has 0 amide bonds. The van der Waals surface area contributed by atoms with Crippen LogP contribution in [-0.4, -0.2) is 19.4 Å². The zero-order valence-corrected chi connectivity index (χ0v) is 59.9. The highest BCUT2D eigenvalue weighted by Gasteiger charge is 2.48. The highest BCUT2D eigenvalue weighted by atomic mass is 28.3. The lowest BCUT2D eigenvalue weighted by atomic mass is 9.33. The molecule has 1 aromatic heterocycles. The van der Waals surface area contributed by atoms with Gasteiger partial charge in [0.2, 0.25) is 0 Å². The van der Waals surface area contributed by atoms with Crippen LogP contribution in [0, 0.1) is 0 Å². The lowest BCUT2D eigenvalue weighted by Gasteiger charge is -2.47. The van der Waals surface area contributed by atoms with Crippen molar-refractivity contribution in [1.82, 2.24) is 4.57 Å². The van der Waals surface area contributed by atoms with E-state index in [1.807, 2.05) is 0 Å². The number of rotatable bonds is 13. The Kier molecular flexibility index (Phi) is 15.6. The van der Waals surface area contributed by atoms with Gasteiger partial charge in [0.1, 0.15) is 0 Å². The van der Waals surface area contributed by atoms with Gasteiger partial charge in [-0.15, -0.1) is 0 Å². The number of hydrogen-bond acceptors (Lipinski definition) is 2. The first-order chi connectivity index (χ1) is 51.8. The van der Waals surface area contributed by atoms with Crippen LogP contribution in [0.3, 0.4) is 0 Å². The molecule has 496 valence electrons. The SMILES string of the molecule is CC(C)(C)c1cc2c3c(c1)N(c1c(-c4ccccc4)cccc1-c1ccccc1)c1cc(-n4c5ccc(-c6ccccc6)cc5c5cc(-c6ccccc6)ccc54)ccc1B3c1cc([Si](c3ccccc3)(c3ccccc3)c3ccccc3)ccc1N2c1c(-c2ccccc2)cccc1-c1ccccc1. The number of hydrogen-bond donors (Lipinski definition) is 0. The molecule has 0 spiro atoms. The van der Waals surface area contributed by atoms with E-state index in [2.05, 4.69) is 429 Å². The fraction of sp³-hybridized carbons (Fsp3) is 0.0400. The number of benzene rings is 16. The topological polar surface area (TPSA) is 11.4 Å². The van der Waals surface area contributed by atoms with E-state index in [1.54, 1.807) is 0 Å². The van der Waals surface area contributed by atoms with Crippen LogP contribution >= 0.6 is 0 Å². The molecule has 2 aliphatic rings. The summed E-state index contributed by atoms with van der Waals surface area (Å²) in [5.74, 6) is 0. The predicted octanol–water partition coefficient (Wildman–Crippen LogP) is 21.5. The fourth-order valence-corrected chi connectivity index (χ4v) is 22.0. The molecule has 19 rings (SSSR count). The van der Waals surface area contributed by atoms with Crippen molar-refractivity contribution in [1.29, 1.82) is 0 Å². The van der Waals surface area contributed by atoms with Crippen LogP contribution in [0.25, 0.3) is 94.3 Å². The molecule has 2 aliphatic heterocycles. The number of para-hydroxylation sites is 2. The van der Waals surface area contributed by atoms with E-state index in [-0.39, 0.29) is 12.1 Å². The number of fused-ring (bicyclic) bond motifs is 7. The van der Waals surface area contributed by atoms with Gasteiger partial charge in [0.25, 0.3) is 6.71 Å². The summed E-state index contributed by atoms with van der Waals surface area (Å²) in [6.07, 6.45) is 0. The van der Waals surface area contributed by atoms with E-state index < -0.39 is 8.07 Å². The molecular weight excluding hydrogens is 1280 g/mol. The monoisotopic (exact) mass is 1360 g/mol. The zero-order valence-electron chi connectivity index (χ0n) is 58.9. The third-order valence-electron chi connectivity index (χ3n) is 22.1. The molecular formula is C100H74BN3Si. The summed E-state index contributed by atoms with van der Waals surface area (Å²) in [5.41, 5.74) is 28.7. The maximum atomic E-state index is 2.72. The van der Waals surface area contributed by atoms with Gasteiger partial charge in [0, 0.05) is 61.5 Å². The largest absolute Gasteiger partial charge is 0.310 e. The van der Waals surface area contributed by atoms with Crippen LogP contribution < -0.4 is 46.9 Å². The van der Waals surface area contributed by atoms with Crippen LogP contribution in [0.4, 0.5) is 34.1 Å². The van der Waals surface area contributed by atoms with E-state index in [1.165, 1.54) is 75.7 Å². The summed E-state index contributed by atoms with van der Waals surface area (Å²) in [4.78, 5) is 5.42. The van der Waals surface area contributed by atoms with E-state index in [0.717, 1.165) is 95.4 Å². The summed E-state index contributed by atoms with van der Waals surface area (Å²) in [6, 6.07) is 149. The maximum Gasteiger partial charge on any atom is 0.252 e. The molecule has 0 saturated carbocycles. The lowest BCUT2D eigenvalue weighted by molar-refractivity contribution is 0.590. The van der Waals surface area contributed by atoms with E-state index in [9.17, 15) is 0 Å². The summed E-state index contributed by atoms with van der Waals surface area (Å²) in [7, 11) is -3.18. The molecule has 0 bridgehead atoms. The van der Waals surface area contributed by atoms with Gasteiger partial charge in [0.15, 0.2) is 8.07 Å². The quantitative estimate of drug-likeness (QED) is 0.0842. The van der Waals surface area contributed by atoms with Crippen LogP contribution in [-0.2, 0) is 5.41 Å². The summed E-state index contributed by atoms with van der Waals surface area (Å²) in [5, 5.41) is 7.71. The van der Waals surface area contributed by atoms with Crippen molar-refractivity contribution in [2.45, 2.75) is 26.2 Å². The average Bonchev–Trinajstić information content (AvgIpc) is 1.01. The second-order valence-corrected chi connectivity index (χ2v) is 32.9. The fourth-order valence-electron chi connectivity index (χ4n) is 17.2. The Bertz CT molecular complexity index is 5790. The lowest BCUT2D eigenvalue weighted by Crippen LogP contribution is -2.75. The number of anilines is 6. The van der Waals surface area contributed by atoms with Gasteiger partial charge in [-0.25, -0.2) is 0 Å². The molecule has 3 nitrogen and oxygen atoms in total. The molecule has 0 radical (unpaired) electrons. The Balaban J connectivity index is 0.982. The maximum absolute atomic E-state index is 3.18. The van der Waals surface area contributed by atoms with Gasteiger partial charge in [-0.3, -0.25) is 0 Å². The highest BCUT2D eigenvalue weighted by Crippen LogP contribution is 2.54. The molecule has 0 fully saturated rings. The van der Waals surface area contributed by atoms with Crippen LogP contribution in [0.1, 0.15) is 26.3 Å². The smallest absolute Gasteiger partial charge is 0.252 e. The summed E-state index contributed by atoms with van der Waals surface area (Å²) < 4.78 is 2.54. The highest BCUT2D eigenvalue weighted by molar-refractivity contribution is 7.20. The van der Waals surface area contributed by atoms with Crippen LogP contribution in [0.15, 0.2) is 394 Å². The first-order valence-corrected chi connectivity index (χ1v) is 38.7. The van der Waals surface area contributed by atoms with Crippen molar-refractivity contribution < 1.29 is 0 Å². The molecule has 0 aliphatic carbocycles. The third-order valence-corrected chi connectivity index (χ3v) is 26.8. The molecule has 0 N–H and O–H groups in total. The van der Waals surface area contributed by atoms with E-state index >= 15 is 0 Å². The minimum Gasteiger partial charge on any atom is -0.310 e. The Morgan fingerprint density at radius 3 is 1.00 bits per heavy atom. The van der Waals surface area contributed by atoms with Gasteiger partial charge in [-0.1, -0.05) is 360 Å². The Hall–Kier alpha value is -12.8. The zero-order chi connectivity index (χ0) is 70.2. The molecule has 0 saturated heterocycles. The molecule has 0 unspecified atom stereocenters. The number of aromatic nitrogens is 1. The van der Waals surface area contributed by atoms with E-state index in [4.69, 9.17) is 0 Å². The van der Waals surface area contributed by atoms with Gasteiger partial charge >= 0.3 is 0 Å². The molecule has 105 heavy (non-hydrogen) atoms. The van der Waals surface area contributed by atoms with Crippen molar-refractivity contribution in [3.8, 4) is 72.4 Å². The summed E-state index contributed by atoms with van der Waals surface area (Å²) >= 11 is 0. The van der Waals surface area contributed by atoms with Crippen molar-refractivity contribution in [3.63, 3.8) is 0 Å². The normalized spacial score (nSPS) is 12.5. The van der Waals surface area contributed by atoms with Crippen LogP contribution in [0.5, 0.6) is 0 Å².